The first-order valence-electron chi connectivity index (χ1n) is 19.1. The average molecular weight is 771 g/mol. The maximum Gasteiger partial charge on any atom is 0.0820 e. The van der Waals surface area contributed by atoms with E-state index in [9.17, 15) is 0 Å². The van der Waals surface area contributed by atoms with Crippen molar-refractivity contribution in [3.8, 4) is 0 Å². The van der Waals surface area contributed by atoms with Gasteiger partial charge in [0.1, 0.15) is 0 Å². The number of para-hydroxylation sites is 2. The van der Waals surface area contributed by atoms with Crippen LogP contribution in [0.25, 0.3) is 0 Å². The molecule has 1 aromatic heterocycles. The Balaban J connectivity index is 0.00000169. The van der Waals surface area contributed by atoms with Crippen LogP contribution >= 0.6 is 0 Å². The summed E-state index contributed by atoms with van der Waals surface area (Å²) in [5.41, 5.74) is 10.3. The third-order valence-corrected chi connectivity index (χ3v) is 11.8. The second-order valence-electron chi connectivity index (χ2n) is 14.9. The van der Waals surface area contributed by atoms with Crippen LogP contribution in [0.5, 0.6) is 0 Å². The van der Waals surface area contributed by atoms with E-state index in [0.717, 1.165) is 11.4 Å². The van der Waals surface area contributed by atoms with Gasteiger partial charge in [0.2, 0.25) is 0 Å². The molecule has 1 heterocycles. The summed E-state index contributed by atoms with van der Waals surface area (Å²) >= 11 is 0. The summed E-state index contributed by atoms with van der Waals surface area (Å²) in [4.78, 5) is 15.7. The number of nitrogens with zero attached hydrogens (tertiary/aromatic N) is 3. The van der Waals surface area contributed by atoms with Crippen LogP contribution in [0, 0.1) is 0 Å². The molecule has 7 rings (SSSR count). The maximum absolute atomic E-state index is 5.30. The van der Waals surface area contributed by atoms with Crippen LogP contribution in [0.15, 0.2) is 64.6 Å². The standard InChI is InChI=1S/C43H55N3.3ClH.V/c1-5-16-32(17-6-1)38-26-14-27-39(33-18-7-2-8-19-33)42(38)44-30-36-24-13-25-37(46-36)31-45-43-40(34-20-9-3-10-21-34)28-15-29-41(43)35-22-11-4-12-23-35;;;;/h13-15,24-35H,1-12,16-23H2;3*1H;/p-3. The number of rotatable bonds is 8. The van der Waals surface area contributed by atoms with Gasteiger partial charge in [-0.15, -0.1) is 0 Å². The van der Waals surface area contributed by atoms with Crippen molar-refractivity contribution >= 4 is 23.8 Å². The van der Waals surface area contributed by atoms with Crippen LogP contribution in [-0.4, -0.2) is 17.4 Å². The van der Waals surface area contributed by atoms with Gasteiger partial charge in [0, 0.05) is 18.6 Å². The molecule has 1 radical (unpaired) electrons. The summed E-state index contributed by atoms with van der Waals surface area (Å²) < 4.78 is 0. The number of hydrogen-bond donors (Lipinski definition) is 0. The molecule has 3 nitrogen and oxygen atoms in total. The quantitative estimate of drug-likeness (QED) is 0.322. The van der Waals surface area contributed by atoms with E-state index in [2.05, 4.69) is 54.6 Å². The number of aliphatic imine (C=N–C) groups is 2. The smallest absolute Gasteiger partial charge is 0.0820 e. The Morgan fingerprint density at radius 3 is 0.940 bits per heavy atom. The average Bonchev–Trinajstić information content (AvgIpc) is 3.14. The van der Waals surface area contributed by atoms with Crippen LogP contribution in [0.2, 0.25) is 0 Å². The molecule has 7 heteroatoms. The second kappa shape index (κ2) is 21.8. The maximum atomic E-state index is 5.30. The molecular formula is C43H55Cl3N3V-3. The molecule has 271 valence electrons. The fourth-order valence-corrected chi connectivity index (χ4v) is 9.30. The van der Waals surface area contributed by atoms with Crippen molar-refractivity contribution in [2.45, 2.75) is 152 Å². The van der Waals surface area contributed by atoms with Crippen molar-refractivity contribution in [3.63, 3.8) is 0 Å². The number of pyridine rings is 1. The van der Waals surface area contributed by atoms with E-state index in [1.54, 1.807) is 0 Å². The molecule has 4 saturated carbocycles. The molecule has 4 aliphatic carbocycles. The molecule has 2 aromatic carbocycles. The van der Waals surface area contributed by atoms with E-state index in [1.165, 1.54) is 162 Å². The summed E-state index contributed by atoms with van der Waals surface area (Å²) in [6, 6.07) is 20.5. The Morgan fingerprint density at radius 2 is 0.660 bits per heavy atom. The first-order chi connectivity index (χ1) is 22.8. The first-order valence-corrected chi connectivity index (χ1v) is 19.1. The largest absolute Gasteiger partial charge is 1.00 e. The summed E-state index contributed by atoms with van der Waals surface area (Å²) in [7, 11) is 0. The third-order valence-electron chi connectivity index (χ3n) is 11.8. The Kier molecular flexibility index (Phi) is 18.7. The minimum Gasteiger partial charge on any atom is -1.00 e. The molecule has 3 aromatic rings. The molecule has 0 N–H and O–H groups in total. The van der Waals surface area contributed by atoms with Gasteiger partial charge in [-0.25, -0.2) is 4.98 Å². The normalized spacial score (nSPS) is 19.7. The fourth-order valence-electron chi connectivity index (χ4n) is 9.30. The van der Waals surface area contributed by atoms with E-state index in [4.69, 9.17) is 15.0 Å². The van der Waals surface area contributed by atoms with Gasteiger partial charge < -0.3 is 37.2 Å². The zero-order valence-electron chi connectivity index (χ0n) is 29.7. The number of hydrogen-bond acceptors (Lipinski definition) is 3. The zero-order chi connectivity index (χ0) is 31.0. The van der Waals surface area contributed by atoms with Crippen molar-refractivity contribution in [3.05, 3.63) is 88.2 Å². The van der Waals surface area contributed by atoms with Crippen LogP contribution < -0.4 is 37.2 Å². The molecule has 0 saturated heterocycles. The van der Waals surface area contributed by atoms with E-state index < -0.39 is 0 Å². The molecule has 0 amide bonds. The van der Waals surface area contributed by atoms with Gasteiger partial charge in [0.15, 0.2) is 0 Å². The van der Waals surface area contributed by atoms with Crippen molar-refractivity contribution in [1.82, 2.24) is 4.98 Å². The van der Waals surface area contributed by atoms with E-state index in [0.29, 0.717) is 23.7 Å². The summed E-state index contributed by atoms with van der Waals surface area (Å²) in [6.07, 6.45) is 30.7. The Bertz CT molecular complexity index is 1320. The summed E-state index contributed by atoms with van der Waals surface area (Å²) in [5, 5.41) is 0. The molecule has 50 heavy (non-hydrogen) atoms. The van der Waals surface area contributed by atoms with E-state index in [1.807, 2.05) is 12.4 Å². The molecule has 4 fully saturated rings. The molecule has 0 aliphatic heterocycles. The topological polar surface area (TPSA) is 37.6 Å². The molecule has 0 atom stereocenters. The Labute approximate surface area is 332 Å². The Hall–Kier alpha value is -1.62. The van der Waals surface area contributed by atoms with Crippen LogP contribution in [0.1, 0.15) is 186 Å². The molecule has 0 spiro atoms. The van der Waals surface area contributed by atoms with E-state index in [-0.39, 0.29) is 55.8 Å². The van der Waals surface area contributed by atoms with Gasteiger partial charge in [0.25, 0.3) is 0 Å². The van der Waals surface area contributed by atoms with Gasteiger partial charge in [-0.05, 0) is 109 Å². The second-order valence-corrected chi connectivity index (χ2v) is 14.9. The van der Waals surface area contributed by atoms with Crippen LogP contribution in [0.4, 0.5) is 11.4 Å². The van der Waals surface area contributed by atoms with Crippen molar-refractivity contribution in [2.75, 3.05) is 0 Å². The van der Waals surface area contributed by atoms with Crippen molar-refractivity contribution in [2.24, 2.45) is 9.98 Å². The van der Waals surface area contributed by atoms with Gasteiger partial charge in [0.05, 0.1) is 35.2 Å². The fraction of sp³-hybridized carbons (Fsp3) is 0.558. The first kappa shape index (κ1) is 42.8. The predicted molar refractivity (Wildman–Crippen MR) is 195 cm³/mol. The minimum absolute atomic E-state index is 0. The van der Waals surface area contributed by atoms with E-state index >= 15 is 0 Å². The van der Waals surface area contributed by atoms with Crippen LogP contribution in [-0.2, 0) is 18.6 Å². The molecule has 0 bridgehead atoms. The van der Waals surface area contributed by atoms with Crippen molar-refractivity contribution < 1.29 is 55.8 Å². The number of aromatic nitrogens is 1. The third kappa shape index (κ3) is 10.7. The van der Waals surface area contributed by atoms with Gasteiger partial charge >= 0.3 is 0 Å². The predicted octanol–water partition coefficient (Wildman–Crippen LogP) is 3.78. The summed E-state index contributed by atoms with van der Waals surface area (Å²) in [5.74, 6) is 2.55. The van der Waals surface area contributed by atoms with Gasteiger partial charge in [-0.3, -0.25) is 9.98 Å². The molecule has 0 unspecified atom stereocenters. The van der Waals surface area contributed by atoms with Crippen molar-refractivity contribution in [1.29, 1.82) is 0 Å². The SMILES string of the molecule is C(=Nc1c(C2CCCCC2)cccc1C1CCCCC1)c1cccc(C=Nc2c(C3CCCCC3)cccc2C2CCCCC2)n1.[Cl-].[Cl-].[Cl-].[V]. The monoisotopic (exact) mass is 769 g/mol. The van der Waals surface area contributed by atoms with Crippen LogP contribution in [0.3, 0.4) is 0 Å². The minimum atomic E-state index is 0. The molecule has 4 aliphatic rings. The van der Waals surface area contributed by atoms with Gasteiger partial charge in [-0.2, -0.15) is 0 Å². The number of benzene rings is 2. The zero-order valence-corrected chi connectivity index (χ0v) is 33.4. The van der Waals surface area contributed by atoms with Gasteiger partial charge in [-0.1, -0.05) is 120 Å². The summed E-state index contributed by atoms with van der Waals surface area (Å²) in [6.45, 7) is 0. The Morgan fingerprint density at radius 1 is 0.400 bits per heavy atom. The number of halogens is 3. The molecular weight excluding hydrogens is 716 g/mol.